The third-order valence-corrected chi connectivity index (χ3v) is 3.48. The van der Waals surface area contributed by atoms with Crippen molar-refractivity contribution in [1.29, 1.82) is 0 Å². The van der Waals surface area contributed by atoms with E-state index >= 15 is 0 Å². The number of carbonyl (C=O) groups is 2. The molecule has 0 aromatic heterocycles. The van der Waals surface area contributed by atoms with Gasteiger partial charge in [0.2, 0.25) is 5.91 Å². The number of amides is 1. The van der Waals surface area contributed by atoms with Crippen molar-refractivity contribution in [3.05, 3.63) is 0 Å². The molecule has 1 fully saturated rings. The van der Waals surface area contributed by atoms with Crippen LogP contribution in [0, 0.1) is 5.41 Å². The van der Waals surface area contributed by atoms with Gasteiger partial charge in [0, 0.05) is 6.04 Å². The molecule has 0 aliphatic carbocycles. The van der Waals surface area contributed by atoms with Crippen molar-refractivity contribution in [1.82, 2.24) is 10.6 Å². The Labute approximate surface area is 109 Å². The third kappa shape index (κ3) is 3.98. The quantitative estimate of drug-likeness (QED) is 0.731. The van der Waals surface area contributed by atoms with Crippen LogP contribution in [0.5, 0.6) is 0 Å². The topological polar surface area (TPSA) is 67.4 Å². The first-order valence-electron chi connectivity index (χ1n) is 6.47. The molecule has 0 aromatic rings. The van der Waals surface area contributed by atoms with Crippen molar-refractivity contribution in [2.75, 3.05) is 13.7 Å². The van der Waals surface area contributed by atoms with Gasteiger partial charge >= 0.3 is 5.97 Å². The van der Waals surface area contributed by atoms with Crippen molar-refractivity contribution < 1.29 is 14.3 Å². The third-order valence-electron chi connectivity index (χ3n) is 3.48. The van der Waals surface area contributed by atoms with Gasteiger partial charge in [-0.3, -0.25) is 9.59 Å². The first-order chi connectivity index (χ1) is 8.36. The molecule has 1 rings (SSSR count). The average Bonchev–Trinajstić information content (AvgIpc) is 2.27. The van der Waals surface area contributed by atoms with Crippen LogP contribution in [0.3, 0.4) is 0 Å². The van der Waals surface area contributed by atoms with E-state index in [1.165, 1.54) is 7.11 Å². The predicted octanol–water partition coefficient (Wildman–Crippen LogP) is 0.832. The minimum absolute atomic E-state index is 0.0314. The number of nitrogens with one attached hydrogen (secondary N) is 2. The molecule has 1 aliphatic heterocycles. The number of hydrogen-bond acceptors (Lipinski definition) is 4. The molecule has 0 aromatic carbocycles. The van der Waals surface area contributed by atoms with Crippen molar-refractivity contribution in [3.63, 3.8) is 0 Å². The number of rotatable bonds is 4. The summed E-state index contributed by atoms with van der Waals surface area (Å²) in [5, 5.41) is 6.12. The lowest BCUT2D eigenvalue weighted by Crippen LogP contribution is -2.57. The molecular formula is C13H24N2O3. The van der Waals surface area contributed by atoms with Gasteiger partial charge in [-0.25, -0.2) is 0 Å². The standard InChI is InChI=1S/C13H24N2O3/c1-9(8-10(16)18-4)15-12(17)11-13(2,3)6-5-7-14-11/h9,11,14H,5-8H2,1-4H3,(H,15,17). The van der Waals surface area contributed by atoms with Gasteiger partial charge in [0.25, 0.3) is 0 Å². The molecule has 2 unspecified atom stereocenters. The molecule has 1 saturated heterocycles. The summed E-state index contributed by atoms with van der Waals surface area (Å²) < 4.78 is 4.58. The van der Waals surface area contributed by atoms with Crippen LogP contribution in [-0.2, 0) is 14.3 Å². The zero-order chi connectivity index (χ0) is 13.8. The zero-order valence-electron chi connectivity index (χ0n) is 11.7. The second kappa shape index (κ2) is 6.18. The Morgan fingerprint density at radius 3 is 2.72 bits per heavy atom. The fraction of sp³-hybridized carbons (Fsp3) is 0.846. The highest BCUT2D eigenvalue weighted by Crippen LogP contribution is 2.30. The van der Waals surface area contributed by atoms with Crippen LogP contribution in [0.2, 0.25) is 0 Å². The average molecular weight is 256 g/mol. The number of piperidine rings is 1. The Hall–Kier alpha value is -1.10. The first-order valence-corrected chi connectivity index (χ1v) is 6.47. The predicted molar refractivity (Wildman–Crippen MR) is 69.0 cm³/mol. The van der Waals surface area contributed by atoms with E-state index in [1.807, 2.05) is 6.92 Å². The van der Waals surface area contributed by atoms with Gasteiger partial charge in [-0.2, -0.15) is 0 Å². The molecule has 1 aliphatic rings. The highest BCUT2D eigenvalue weighted by Gasteiger charge is 2.37. The molecule has 1 heterocycles. The molecule has 2 N–H and O–H groups in total. The van der Waals surface area contributed by atoms with Crippen molar-refractivity contribution in [2.45, 2.75) is 52.1 Å². The highest BCUT2D eigenvalue weighted by atomic mass is 16.5. The van der Waals surface area contributed by atoms with Crippen LogP contribution in [0.1, 0.15) is 40.0 Å². The molecule has 5 nitrogen and oxygen atoms in total. The summed E-state index contributed by atoms with van der Waals surface area (Å²) in [7, 11) is 1.35. The summed E-state index contributed by atoms with van der Waals surface area (Å²) in [5.74, 6) is -0.338. The van der Waals surface area contributed by atoms with E-state index in [1.54, 1.807) is 0 Å². The number of methoxy groups -OCH3 is 1. The highest BCUT2D eigenvalue weighted by molar-refractivity contribution is 5.83. The maximum atomic E-state index is 12.2. The first kappa shape index (κ1) is 15.0. The molecule has 5 heteroatoms. The number of carbonyl (C=O) groups excluding carboxylic acids is 2. The van der Waals surface area contributed by atoms with Gasteiger partial charge in [0.1, 0.15) is 0 Å². The zero-order valence-corrected chi connectivity index (χ0v) is 11.7. The summed E-state index contributed by atoms with van der Waals surface area (Å²) in [5.41, 5.74) is -0.0483. The summed E-state index contributed by atoms with van der Waals surface area (Å²) in [6.07, 6.45) is 2.33. The molecule has 1 amide bonds. The van der Waals surface area contributed by atoms with E-state index < -0.39 is 0 Å². The van der Waals surface area contributed by atoms with Crippen LogP contribution in [0.4, 0.5) is 0 Å². The maximum Gasteiger partial charge on any atom is 0.307 e. The molecule has 0 radical (unpaired) electrons. The lowest BCUT2D eigenvalue weighted by atomic mass is 9.77. The van der Waals surface area contributed by atoms with Crippen LogP contribution in [0.25, 0.3) is 0 Å². The monoisotopic (exact) mass is 256 g/mol. The van der Waals surface area contributed by atoms with Gasteiger partial charge < -0.3 is 15.4 Å². The lowest BCUT2D eigenvalue weighted by Gasteiger charge is -2.38. The van der Waals surface area contributed by atoms with Gasteiger partial charge in [-0.05, 0) is 31.7 Å². The van der Waals surface area contributed by atoms with E-state index in [0.29, 0.717) is 0 Å². The Bertz CT molecular complexity index is 315. The summed E-state index contributed by atoms with van der Waals surface area (Å²) in [6, 6.07) is -0.393. The summed E-state index contributed by atoms with van der Waals surface area (Å²) in [4.78, 5) is 23.3. The fourth-order valence-corrected chi connectivity index (χ4v) is 2.37. The second-order valence-corrected chi connectivity index (χ2v) is 5.67. The minimum atomic E-state index is -0.307. The van der Waals surface area contributed by atoms with Gasteiger partial charge in [-0.15, -0.1) is 0 Å². The number of hydrogen-bond donors (Lipinski definition) is 2. The molecule has 2 atom stereocenters. The number of ether oxygens (including phenoxy) is 1. The molecular weight excluding hydrogens is 232 g/mol. The molecule has 18 heavy (non-hydrogen) atoms. The summed E-state index contributed by atoms with van der Waals surface area (Å²) in [6.45, 7) is 6.86. The van der Waals surface area contributed by atoms with Crippen molar-refractivity contribution >= 4 is 11.9 Å². The Balaban J connectivity index is 2.51. The molecule has 104 valence electrons. The van der Waals surface area contributed by atoms with Crippen LogP contribution < -0.4 is 10.6 Å². The van der Waals surface area contributed by atoms with E-state index in [9.17, 15) is 9.59 Å². The fourth-order valence-electron chi connectivity index (χ4n) is 2.37. The Morgan fingerprint density at radius 2 is 2.17 bits per heavy atom. The normalized spacial score (nSPS) is 24.1. The van der Waals surface area contributed by atoms with Crippen molar-refractivity contribution in [2.24, 2.45) is 5.41 Å². The number of esters is 1. The minimum Gasteiger partial charge on any atom is -0.469 e. The van der Waals surface area contributed by atoms with Gasteiger partial charge in [0.05, 0.1) is 19.6 Å². The van der Waals surface area contributed by atoms with E-state index in [4.69, 9.17) is 0 Å². The maximum absolute atomic E-state index is 12.2. The van der Waals surface area contributed by atoms with Crippen LogP contribution in [-0.4, -0.2) is 37.6 Å². The van der Waals surface area contributed by atoms with Crippen LogP contribution in [0.15, 0.2) is 0 Å². The Kier molecular flexibility index (Phi) is 5.14. The van der Waals surface area contributed by atoms with Crippen LogP contribution >= 0.6 is 0 Å². The smallest absolute Gasteiger partial charge is 0.307 e. The lowest BCUT2D eigenvalue weighted by molar-refractivity contribution is -0.141. The second-order valence-electron chi connectivity index (χ2n) is 5.67. The van der Waals surface area contributed by atoms with Gasteiger partial charge in [-0.1, -0.05) is 13.8 Å². The van der Waals surface area contributed by atoms with E-state index in [-0.39, 0.29) is 35.8 Å². The van der Waals surface area contributed by atoms with Gasteiger partial charge in [0.15, 0.2) is 0 Å². The van der Waals surface area contributed by atoms with Crippen molar-refractivity contribution in [3.8, 4) is 0 Å². The molecule has 0 spiro atoms. The summed E-state index contributed by atoms with van der Waals surface area (Å²) >= 11 is 0. The Morgan fingerprint density at radius 1 is 1.50 bits per heavy atom. The largest absolute Gasteiger partial charge is 0.469 e. The molecule has 0 saturated carbocycles. The van der Waals surface area contributed by atoms with E-state index in [0.717, 1.165) is 19.4 Å². The van der Waals surface area contributed by atoms with E-state index in [2.05, 4.69) is 29.2 Å². The SMILES string of the molecule is COC(=O)CC(C)NC(=O)C1NCCCC1(C)C. The molecule has 0 bridgehead atoms.